The van der Waals surface area contributed by atoms with Crippen LogP contribution in [0.5, 0.6) is 0 Å². The number of aryl methyl sites for hydroxylation is 1. The Bertz CT molecular complexity index is 1160. The van der Waals surface area contributed by atoms with Crippen LogP contribution in [0.25, 0.3) is 16.9 Å². The summed E-state index contributed by atoms with van der Waals surface area (Å²) in [5.74, 6) is -0.224. The van der Waals surface area contributed by atoms with Crippen molar-refractivity contribution in [1.29, 1.82) is 0 Å². The molecule has 1 fully saturated rings. The summed E-state index contributed by atoms with van der Waals surface area (Å²) in [6.07, 6.45) is 0.961. The van der Waals surface area contributed by atoms with Crippen molar-refractivity contribution in [1.82, 2.24) is 34.3 Å². The summed E-state index contributed by atoms with van der Waals surface area (Å²) < 4.78 is 7.71. The first-order chi connectivity index (χ1) is 15.0. The minimum atomic E-state index is -0.429. The molecule has 11 nitrogen and oxygen atoms in total. The third-order valence-corrected chi connectivity index (χ3v) is 5.17. The standard InChI is InChI=1S/C20H23N7O4/c1-3-31-20(30)25-10-8-24(9-11-25)16(28)12-26-13-21-18-17(19(26)29)22-23-27(18)15-6-4-14(2)5-7-15/h4-7,13H,3,8-12H2,1-2H3. The van der Waals surface area contributed by atoms with Crippen molar-refractivity contribution in [2.24, 2.45) is 0 Å². The topological polar surface area (TPSA) is 115 Å². The summed E-state index contributed by atoms with van der Waals surface area (Å²) in [6.45, 7) is 5.43. The lowest BCUT2D eigenvalue weighted by atomic mass is 10.2. The smallest absolute Gasteiger partial charge is 0.409 e. The molecule has 0 bridgehead atoms. The van der Waals surface area contributed by atoms with Gasteiger partial charge in [0, 0.05) is 26.2 Å². The van der Waals surface area contributed by atoms with Crippen LogP contribution in [0.4, 0.5) is 4.79 Å². The number of carbonyl (C=O) groups is 2. The molecule has 0 radical (unpaired) electrons. The number of carbonyl (C=O) groups excluding carboxylic acids is 2. The molecule has 11 heteroatoms. The molecule has 2 amide bonds. The number of nitrogens with zero attached hydrogens (tertiary/aromatic N) is 7. The average molecular weight is 425 g/mol. The van der Waals surface area contributed by atoms with Gasteiger partial charge in [-0.25, -0.2) is 9.78 Å². The molecule has 0 atom stereocenters. The van der Waals surface area contributed by atoms with E-state index in [2.05, 4.69) is 15.3 Å². The summed E-state index contributed by atoms with van der Waals surface area (Å²) >= 11 is 0. The number of benzene rings is 1. The zero-order valence-corrected chi connectivity index (χ0v) is 17.4. The Morgan fingerprint density at radius 1 is 1.06 bits per heavy atom. The summed E-state index contributed by atoms with van der Waals surface area (Å²) in [6, 6.07) is 7.61. The second-order valence-corrected chi connectivity index (χ2v) is 7.25. The van der Waals surface area contributed by atoms with Crippen molar-refractivity contribution in [3.8, 4) is 5.69 Å². The van der Waals surface area contributed by atoms with Crippen molar-refractivity contribution < 1.29 is 14.3 Å². The van der Waals surface area contributed by atoms with Crippen molar-refractivity contribution in [2.75, 3.05) is 32.8 Å². The molecule has 31 heavy (non-hydrogen) atoms. The predicted molar refractivity (Wildman–Crippen MR) is 111 cm³/mol. The molecule has 1 aliphatic rings. The van der Waals surface area contributed by atoms with E-state index >= 15 is 0 Å². The first-order valence-corrected chi connectivity index (χ1v) is 10.0. The minimum absolute atomic E-state index is 0.100. The molecular formula is C20H23N7O4. The van der Waals surface area contributed by atoms with Crippen LogP contribution in [-0.2, 0) is 16.1 Å². The third-order valence-electron chi connectivity index (χ3n) is 5.17. The first kappa shape index (κ1) is 20.5. The fourth-order valence-corrected chi connectivity index (χ4v) is 3.42. The molecule has 0 unspecified atom stereocenters. The number of piperazine rings is 1. The summed E-state index contributed by atoms with van der Waals surface area (Å²) in [5.41, 5.74) is 1.85. The second kappa shape index (κ2) is 8.54. The maximum atomic E-state index is 12.8. The molecule has 3 aromatic rings. The maximum absolute atomic E-state index is 12.8. The number of aromatic nitrogens is 5. The highest BCUT2D eigenvalue weighted by atomic mass is 16.6. The molecule has 0 N–H and O–H groups in total. The Balaban J connectivity index is 1.47. The molecular weight excluding hydrogens is 402 g/mol. The van der Waals surface area contributed by atoms with Gasteiger partial charge in [0.2, 0.25) is 5.91 Å². The van der Waals surface area contributed by atoms with Gasteiger partial charge in [-0.2, -0.15) is 4.68 Å². The van der Waals surface area contributed by atoms with Crippen LogP contribution in [0.1, 0.15) is 12.5 Å². The van der Waals surface area contributed by atoms with E-state index in [0.717, 1.165) is 11.3 Å². The lowest BCUT2D eigenvalue weighted by Crippen LogP contribution is -2.51. The SMILES string of the molecule is CCOC(=O)N1CCN(C(=O)Cn2cnc3c(nnn3-c3ccc(C)cc3)c2=O)CC1. The van der Waals surface area contributed by atoms with E-state index in [1.165, 1.54) is 15.6 Å². The van der Waals surface area contributed by atoms with E-state index in [4.69, 9.17) is 4.74 Å². The minimum Gasteiger partial charge on any atom is -0.450 e. The number of hydrogen-bond donors (Lipinski definition) is 0. The summed E-state index contributed by atoms with van der Waals surface area (Å²) in [7, 11) is 0. The van der Waals surface area contributed by atoms with Crippen LogP contribution in [0.2, 0.25) is 0 Å². The van der Waals surface area contributed by atoms with Gasteiger partial charge in [-0.15, -0.1) is 5.10 Å². The lowest BCUT2D eigenvalue weighted by Gasteiger charge is -2.34. The molecule has 1 aliphatic heterocycles. The van der Waals surface area contributed by atoms with E-state index in [1.807, 2.05) is 31.2 Å². The molecule has 0 spiro atoms. The van der Waals surface area contributed by atoms with Crippen molar-refractivity contribution in [3.05, 3.63) is 46.5 Å². The first-order valence-electron chi connectivity index (χ1n) is 10.0. The monoisotopic (exact) mass is 425 g/mol. The fraction of sp³-hybridized carbons (Fsp3) is 0.400. The van der Waals surface area contributed by atoms with Gasteiger partial charge in [-0.05, 0) is 26.0 Å². The van der Waals surface area contributed by atoms with Gasteiger partial charge in [0.25, 0.3) is 5.56 Å². The van der Waals surface area contributed by atoms with Crippen LogP contribution in [0.15, 0.2) is 35.4 Å². The molecule has 1 saturated heterocycles. The normalized spacial score (nSPS) is 14.1. The van der Waals surface area contributed by atoms with Crippen molar-refractivity contribution in [3.63, 3.8) is 0 Å². The molecule has 0 aliphatic carbocycles. The highest BCUT2D eigenvalue weighted by Crippen LogP contribution is 2.13. The van der Waals surface area contributed by atoms with Crippen LogP contribution < -0.4 is 5.56 Å². The van der Waals surface area contributed by atoms with Gasteiger partial charge >= 0.3 is 6.09 Å². The molecule has 162 valence electrons. The molecule has 3 heterocycles. The molecule has 4 rings (SSSR count). The Labute approximate surface area is 177 Å². The Kier molecular flexibility index (Phi) is 5.65. The Morgan fingerprint density at radius 2 is 1.74 bits per heavy atom. The van der Waals surface area contributed by atoms with E-state index in [1.54, 1.807) is 16.7 Å². The van der Waals surface area contributed by atoms with Crippen molar-refractivity contribution in [2.45, 2.75) is 20.4 Å². The highest BCUT2D eigenvalue weighted by Gasteiger charge is 2.25. The highest BCUT2D eigenvalue weighted by molar-refractivity contribution is 5.77. The van der Waals surface area contributed by atoms with Crippen molar-refractivity contribution >= 4 is 23.2 Å². The zero-order chi connectivity index (χ0) is 22.0. The van der Waals surface area contributed by atoms with Gasteiger partial charge in [0.1, 0.15) is 12.9 Å². The van der Waals surface area contributed by atoms with Gasteiger partial charge in [-0.3, -0.25) is 14.2 Å². The van der Waals surface area contributed by atoms with E-state index in [9.17, 15) is 14.4 Å². The van der Waals surface area contributed by atoms with Gasteiger partial charge in [-0.1, -0.05) is 22.9 Å². The average Bonchev–Trinajstić information content (AvgIpc) is 3.21. The number of rotatable bonds is 4. The largest absolute Gasteiger partial charge is 0.450 e. The number of fused-ring (bicyclic) bond motifs is 1. The summed E-state index contributed by atoms with van der Waals surface area (Å²) in [5, 5.41) is 8.03. The number of hydrogen-bond acceptors (Lipinski definition) is 7. The molecule has 1 aromatic carbocycles. The van der Waals surface area contributed by atoms with E-state index in [0.29, 0.717) is 38.4 Å². The summed E-state index contributed by atoms with van der Waals surface area (Å²) in [4.78, 5) is 44.8. The molecule has 0 saturated carbocycles. The fourth-order valence-electron chi connectivity index (χ4n) is 3.42. The number of amides is 2. The van der Waals surface area contributed by atoms with Gasteiger partial charge in [0.15, 0.2) is 11.2 Å². The van der Waals surface area contributed by atoms with Crippen LogP contribution in [-0.4, -0.2) is 79.1 Å². The van der Waals surface area contributed by atoms with E-state index in [-0.39, 0.29) is 24.1 Å². The molecule has 2 aromatic heterocycles. The zero-order valence-electron chi connectivity index (χ0n) is 17.4. The quantitative estimate of drug-likeness (QED) is 0.601. The number of ether oxygens (including phenoxy) is 1. The van der Waals surface area contributed by atoms with Gasteiger partial charge < -0.3 is 14.5 Å². The van der Waals surface area contributed by atoms with Crippen LogP contribution in [0, 0.1) is 6.92 Å². The predicted octanol–water partition coefficient (Wildman–Crippen LogP) is 0.586. The van der Waals surface area contributed by atoms with Crippen LogP contribution >= 0.6 is 0 Å². The third kappa shape index (κ3) is 4.11. The maximum Gasteiger partial charge on any atom is 0.409 e. The lowest BCUT2D eigenvalue weighted by molar-refractivity contribution is -0.133. The van der Waals surface area contributed by atoms with Crippen LogP contribution in [0.3, 0.4) is 0 Å². The Hall–Kier alpha value is -3.76. The second-order valence-electron chi connectivity index (χ2n) is 7.25. The van der Waals surface area contributed by atoms with E-state index < -0.39 is 5.56 Å². The Morgan fingerprint density at radius 3 is 2.42 bits per heavy atom. The van der Waals surface area contributed by atoms with Gasteiger partial charge in [0.05, 0.1) is 12.3 Å².